The number of nitrogens with zero attached hydrogens (tertiary/aromatic N) is 2. The van der Waals surface area contributed by atoms with Gasteiger partial charge in [-0.1, -0.05) is 0 Å². The lowest BCUT2D eigenvalue weighted by Crippen LogP contribution is -2.19. The Balaban J connectivity index is 1.81. The molecule has 1 aliphatic carbocycles. The molecular weight excluding hydrogens is 222 g/mol. The van der Waals surface area contributed by atoms with Crippen LogP contribution >= 0.6 is 11.3 Å². The van der Waals surface area contributed by atoms with Crippen molar-refractivity contribution in [3.63, 3.8) is 0 Å². The first-order valence-corrected chi connectivity index (χ1v) is 6.24. The van der Waals surface area contributed by atoms with Crippen LogP contribution in [0, 0.1) is 5.41 Å². The lowest BCUT2D eigenvalue weighted by molar-refractivity contribution is 0.219. The number of fused-ring (bicyclic) bond motifs is 1. The molecule has 0 saturated heterocycles. The topological polar surface area (TPSA) is 58.0 Å². The first kappa shape index (κ1) is 9.99. The summed E-state index contributed by atoms with van der Waals surface area (Å²) in [6.45, 7) is 1.06. The number of anilines is 1. The number of aromatic nitrogens is 2. The SMILES string of the molecule is OCC1(CNc2ncnc3ccsc23)CC1. The van der Waals surface area contributed by atoms with Crippen molar-refractivity contribution in [2.75, 3.05) is 18.5 Å². The normalized spacial score (nSPS) is 17.6. The summed E-state index contributed by atoms with van der Waals surface area (Å²) in [5.74, 6) is 0.889. The number of rotatable bonds is 4. The summed E-state index contributed by atoms with van der Waals surface area (Å²) < 4.78 is 1.09. The number of nitrogens with one attached hydrogen (secondary N) is 1. The highest BCUT2D eigenvalue weighted by Crippen LogP contribution is 2.45. The molecule has 5 heteroatoms. The monoisotopic (exact) mass is 235 g/mol. The third-order valence-corrected chi connectivity index (χ3v) is 4.08. The summed E-state index contributed by atoms with van der Waals surface area (Å²) >= 11 is 1.64. The minimum Gasteiger partial charge on any atom is -0.396 e. The van der Waals surface area contributed by atoms with Crippen molar-refractivity contribution >= 4 is 27.4 Å². The molecule has 2 aromatic rings. The number of thiophene rings is 1. The molecule has 0 spiro atoms. The Morgan fingerprint density at radius 1 is 1.44 bits per heavy atom. The Bertz CT molecular complexity index is 507. The van der Waals surface area contributed by atoms with Crippen molar-refractivity contribution in [2.45, 2.75) is 12.8 Å². The van der Waals surface area contributed by atoms with Crippen molar-refractivity contribution < 1.29 is 5.11 Å². The van der Waals surface area contributed by atoms with E-state index in [0.29, 0.717) is 0 Å². The predicted molar refractivity (Wildman–Crippen MR) is 64.7 cm³/mol. The zero-order chi connectivity index (χ0) is 11.0. The zero-order valence-electron chi connectivity index (χ0n) is 8.81. The van der Waals surface area contributed by atoms with Crippen molar-refractivity contribution in [3.8, 4) is 0 Å². The lowest BCUT2D eigenvalue weighted by Gasteiger charge is -2.13. The minimum absolute atomic E-state index is 0.106. The molecule has 16 heavy (non-hydrogen) atoms. The van der Waals surface area contributed by atoms with Crippen LogP contribution in [0.15, 0.2) is 17.8 Å². The standard InChI is InChI=1S/C11H13N3OS/c15-6-11(2-3-11)5-12-10-9-8(1-4-16-9)13-7-14-10/h1,4,7,15H,2-3,5-6H2,(H,12,13,14). The summed E-state index contributed by atoms with van der Waals surface area (Å²) in [5, 5.41) is 14.6. The van der Waals surface area contributed by atoms with E-state index in [0.717, 1.165) is 35.4 Å². The average Bonchev–Trinajstić information content (AvgIpc) is 2.94. The first-order valence-electron chi connectivity index (χ1n) is 5.36. The van der Waals surface area contributed by atoms with E-state index in [4.69, 9.17) is 0 Å². The maximum atomic E-state index is 9.24. The van der Waals surface area contributed by atoms with Gasteiger partial charge in [0, 0.05) is 12.0 Å². The second kappa shape index (κ2) is 3.68. The molecule has 1 fully saturated rings. The molecule has 3 rings (SSSR count). The highest BCUT2D eigenvalue weighted by atomic mass is 32.1. The van der Waals surface area contributed by atoms with E-state index in [-0.39, 0.29) is 12.0 Å². The van der Waals surface area contributed by atoms with E-state index in [9.17, 15) is 5.11 Å². The molecule has 2 N–H and O–H groups in total. The molecule has 2 heterocycles. The van der Waals surface area contributed by atoms with Crippen LogP contribution in [0.1, 0.15) is 12.8 Å². The molecule has 1 aliphatic rings. The molecule has 0 unspecified atom stereocenters. The quantitative estimate of drug-likeness (QED) is 0.849. The average molecular weight is 235 g/mol. The van der Waals surface area contributed by atoms with Crippen LogP contribution in [-0.2, 0) is 0 Å². The van der Waals surface area contributed by atoms with Crippen LogP contribution < -0.4 is 5.32 Å². The van der Waals surface area contributed by atoms with Crippen molar-refractivity contribution in [2.24, 2.45) is 5.41 Å². The van der Waals surface area contributed by atoms with Gasteiger partial charge in [0.25, 0.3) is 0 Å². The Labute approximate surface area is 97.4 Å². The second-order valence-corrected chi connectivity index (χ2v) is 5.29. The van der Waals surface area contributed by atoms with E-state index < -0.39 is 0 Å². The molecular formula is C11H13N3OS. The highest BCUT2D eigenvalue weighted by molar-refractivity contribution is 7.17. The highest BCUT2D eigenvalue weighted by Gasteiger charge is 2.41. The van der Waals surface area contributed by atoms with Gasteiger partial charge in [-0.05, 0) is 24.3 Å². The fourth-order valence-corrected chi connectivity index (χ4v) is 2.56. The van der Waals surface area contributed by atoms with Gasteiger partial charge in [0.15, 0.2) is 0 Å². The molecule has 4 nitrogen and oxygen atoms in total. The van der Waals surface area contributed by atoms with Crippen LogP contribution in [0.25, 0.3) is 10.2 Å². The summed E-state index contributed by atoms with van der Waals surface area (Å²) in [4.78, 5) is 8.44. The van der Waals surface area contributed by atoms with E-state index >= 15 is 0 Å². The summed E-state index contributed by atoms with van der Waals surface area (Å²) in [7, 11) is 0. The fraction of sp³-hybridized carbons (Fsp3) is 0.455. The molecule has 84 valence electrons. The van der Waals surface area contributed by atoms with Gasteiger partial charge in [-0.15, -0.1) is 11.3 Å². The molecule has 0 amide bonds. The Hall–Kier alpha value is -1.20. The number of aliphatic hydroxyl groups is 1. The largest absolute Gasteiger partial charge is 0.396 e. The van der Waals surface area contributed by atoms with Gasteiger partial charge in [-0.2, -0.15) is 0 Å². The number of hydrogen-bond donors (Lipinski definition) is 2. The van der Waals surface area contributed by atoms with Crippen molar-refractivity contribution in [1.29, 1.82) is 0 Å². The Morgan fingerprint density at radius 2 is 2.31 bits per heavy atom. The molecule has 2 aromatic heterocycles. The molecule has 0 radical (unpaired) electrons. The minimum atomic E-state index is 0.106. The third-order valence-electron chi connectivity index (χ3n) is 3.17. The predicted octanol–water partition coefficient (Wildman–Crippen LogP) is 1.88. The van der Waals surface area contributed by atoms with Gasteiger partial charge < -0.3 is 10.4 Å². The summed E-state index contributed by atoms with van der Waals surface area (Å²) in [6, 6.07) is 1.99. The number of hydrogen-bond acceptors (Lipinski definition) is 5. The van der Waals surface area contributed by atoms with Gasteiger partial charge in [-0.25, -0.2) is 9.97 Å². The van der Waals surface area contributed by atoms with Crippen molar-refractivity contribution in [3.05, 3.63) is 17.8 Å². The van der Waals surface area contributed by atoms with Gasteiger partial charge in [0.05, 0.1) is 16.8 Å². The maximum absolute atomic E-state index is 9.24. The fourth-order valence-electron chi connectivity index (χ4n) is 1.75. The Morgan fingerprint density at radius 3 is 3.06 bits per heavy atom. The smallest absolute Gasteiger partial charge is 0.147 e. The second-order valence-electron chi connectivity index (χ2n) is 4.37. The van der Waals surface area contributed by atoms with Crippen LogP contribution in [0.4, 0.5) is 5.82 Å². The molecule has 0 atom stereocenters. The van der Waals surface area contributed by atoms with E-state index in [1.165, 1.54) is 0 Å². The molecule has 0 aromatic carbocycles. The third kappa shape index (κ3) is 1.66. The lowest BCUT2D eigenvalue weighted by atomic mass is 10.1. The van der Waals surface area contributed by atoms with Gasteiger partial charge in [0.1, 0.15) is 12.1 Å². The van der Waals surface area contributed by atoms with Crippen LogP contribution in [0.3, 0.4) is 0 Å². The van der Waals surface area contributed by atoms with E-state index in [1.807, 2.05) is 11.4 Å². The molecule has 1 saturated carbocycles. The van der Waals surface area contributed by atoms with E-state index in [1.54, 1.807) is 17.7 Å². The maximum Gasteiger partial charge on any atom is 0.147 e. The van der Waals surface area contributed by atoms with Crippen molar-refractivity contribution in [1.82, 2.24) is 9.97 Å². The zero-order valence-corrected chi connectivity index (χ0v) is 9.63. The molecule has 0 aliphatic heterocycles. The van der Waals surface area contributed by atoms with Gasteiger partial charge in [0.2, 0.25) is 0 Å². The first-order chi connectivity index (χ1) is 7.83. The Kier molecular flexibility index (Phi) is 2.29. The van der Waals surface area contributed by atoms with Gasteiger partial charge >= 0.3 is 0 Å². The van der Waals surface area contributed by atoms with Crippen LogP contribution in [0.5, 0.6) is 0 Å². The summed E-state index contributed by atoms with van der Waals surface area (Å²) in [5.41, 5.74) is 1.09. The van der Waals surface area contributed by atoms with E-state index in [2.05, 4.69) is 15.3 Å². The van der Waals surface area contributed by atoms with Crippen LogP contribution in [0.2, 0.25) is 0 Å². The van der Waals surface area contributed by atoms with Gasteiger partial charge in [-0.3, -0.25) is 0 Å². The van der Waals surface area contributed by atoms with Crippen LogP contribution in [-0.4, -0.2) is 28.2 Å². The number of aliphatic hydroxyl groups excluding tert-OH is 1. The summed E-state index contributed by atoms with van der Waals surface area (Å²) in [6.07, 6.45) is 3.79. The molecule has 0 bridgehead atoms.